The Morgan fingerprint density at radius 1 is 0.975 bits per heavy atom. The van der Waals surface area contributed by atoms with Crippen molar-refractivity contribution >= 4 is 46.9 Å². The number of benzene rings is 3. The lowest BCUT2D eigenvalue weighted by Gasteiger charge is -2.29. The van der Waals surface area contributed by atoms with Crippen molar-refractivity contribution in [2.75, 3.05) is 13.2 Å². The smallest absolute Gasteiger partial charge is 0.344 e. The molecular weight excluding hydrogens is 549 g/mol. The minimum atomic E-state index is -0.687. The lowest BCUT2D eigenvalue weighted by molar-refractivity contribution is -0.154. The maximum absolute atomic E-state index is 13.4. The summed E-state index contributed by atoms with van der Waals surface area (Å²) < 4.78 is 10.7. The van der Waals surface area contributed by atoms with Crippen molar-refractivity contribution in [3.63, 3.8) is 0 Å². The molecule has 3 aromatic rings. The van der Waals surface area contributed by atoms with Crippen molar-refractivity contribution in [2.45, 2.75) is 25.3 Å². The predicted octanol–water partition coefficient (Wildman–Crippen LogP) is 6.61. The highest BCUT2D eigenvalue weighted by molar-refractivity contribution is 6.30. The zero-order valence-electron chi connectivity index (χ0n) is 21.4. The molecular formula is C31H25Cl2N3O4. The second kappa shape index (κ2) is 12.4. The fourth-order valence-corrected chi connectivity index (χ4v) is 5.23. The number of halogens is 2. The van der Waals surface area contributed by atoms with E-state index in [9.17, 15) is 9.59 Å². The first kappa shape index (κ1) is 27.4. The summed E-state index contributed by atoms with van der Waals surface area (Å²) in [4.78, 5) is 25.7. The number of carbonyl (C=O) groups excluding carboxylic acids is 2. The molecule has 1 saturated carbocycles. The van der Waals surface area contributed by atoms with Gasteiger partial charge in [0.05, 0.1) is 23.4 Å². The Balaban J connectivity index is 1.32. The Hall–Kier alpha value is -4.12. The van der Waals surface area contributed by atoms with Gasteiger partial charge in [-0.25, -0.2) is 9.80 Å². The molecule has 2 unspecified atom stereocenters. The van der Waals surface area contributed by atoms with Gasteiger partial charge in [-0.15, -0.1) is 0 Å². The van der Waals surface area contributed by atoms with Gasteiger partial charge in [0.1, 0.15) is 5.75 Å². The average molecular weight is 574 g/mol. The van der Waals surface area contributed by atoms with Crippen LogP contribution in [0.15, 0.2) is 83.5 Å². The van der Waals surface area contributed by atoms with E-state index in [-0.39, 0.29) is 18.6 Å². The van der Waals surface area contributed by atoms with Gasteiger partial charge in [0, 0.05) is 16.0 Å². The highest BCUT2D eigenvalue weighted by Crippen LogP contribution is 2.44. The highest BCUT2D eigenvalue weighted by Gasteiger charge is 2.43. The topological polar surface area (TPSA) is 92.0 Å². The fraction of sp³-hybridized carbons (Fsp3) is 0.226. The minimum absolute atomic E-state index is 0.00663. The number of fused-ring (bicyclic) bond motifs is 1. The first-order valence-corrected chi connectivity index (χ1v) is 13.6. The van der Waals surface area contributed by atoms with Crippen LogP contribution < -0.4 is 4.74 Å². The number of nitriles is 1. The van der Waals surface area contributed by atoms with Gasteiger partial charge in [0.15, 0.2) is 13.2 Å². The Kier molecular flexibility index (Phi) is 8.49. The molecule has 3 aromatic carbocycles. The molecule has 2 aliphatic rings. The molecule has 1 aliphatic heterocycles. The lowest BCUT2D eigenvalue weighted by Crippen LogP contribution is -2.35. The molecule has 0 saturated heterocycles. The molecule has 0 N–H and O–H groups in total. The largest absolute Gasteiger partial charge is 0.482 e. The van der Waals surface area contributed by atoms with E-state index < -0.39 is 18.5 Å². The summed E-state index contributed by atoms with van der Waals surface area (Å²) in [6.45, 7) is -0.843. The van der Waals surface area contributed by atoms with Gasteiger partial charge in [0.2, 0.25) is 0 Å². The van der Waals surface area contributed by atoms with E-state index in [1.165, 1.54) is 5.01 Å². The zero-order chi connectivity index (χ0) is 28.1. The molecule has 0 radical (unpaired) electrons. The molecule has 40 heavy (non-hydrogen) atoms. The molecule has 202 valence electrons. The van der Waals surface area contributed by atoms with E-state index in [1.807, 2.05) is 42.5 Å². The molecule has 1 amide bonds. The van der Waals surface area contributed by atoms with Crippen molar-refractivity contribution in [1.82, 2.24) is 5.01 Å². The number of carbonyl (C=O) groups is 2. The van der Waals surface area contributed by atoms with E-state index in [0.29, 0.717) is 21.4 Å². The summed E-state index contributed by atoms with van der Waals surface area (Å²) in [5, 5.41) is 16.4. The number of rotatable bonds is 7. The number of amides is 1. The van der Waals surface area contributed by atoms with Gasteiger partial charge in [-0.1, -0.05) is 47.5 Å². The van der Waals surface area contributed by atoms with Crippen molar-refractivity contribution in [3.05, 3.63) is 105 Å². The standard InChI is InChI=1S/C31H25Cl2N3O4/c32-24-10-4-20(5-11-24)16-23-2-1-3-27-30(23)35-36(31(27)22-8-12-25(33)13-9-22)28(37)18-40-29(38)19-39-26-14-6-21(17-34)7-15-26/h4-16,27,31H,1-3,18-19H2. The van der Waals surface area contributed by atoms with Crippen LogP contribution in [0.25, 0.3) is 6.08 Å². The molecule has 5 rings (SSSR count). The van der Waals surface area contributed by atoms with Crippen LogP contribution in [0.5, 0.6) is 5.75 Å². The third kappa shape index (κ3) is 6.36. The monoisotopic (exact) mass is 573 g/mol. The van der Waals surface area contributed by atoms with Gasteiger partial charge in [-0.05, 0) is 90.6 Å². The summed E-state index contributed by atoms with van der Waals surface area (Å²) in [6, 6.07) is 23.0. The Labute approximate surface area is 242 Å². The normalized spacial score (nSPS) is 19.0. The number of ether oxygens (including phenoxy) is 2. The van der Waals surface area contributed by atoms with E-state index in [1.54, 1.807) is 36.4 Å². The number of hydrazone groups is 1. The molecule has 1 fully saturated rings. The summed E-state index contributed by atoms with van der Waals surface area (Å²) in [5.74, 6) is -0.708. The van der Waals surface area contributed by atoms with Crippen LogP contribution in [-0.2, 0) is 14.3 Å². The molecule has 1 heterocycles. The van der Waals surface area contributed by atoms with Crippen LogP contribution in [0.3, 0.4) is 0 Å². The Bertz CT molecular complexity index is 1490. The summed E-state index contributed by atoms with van der Waals surface area (Å²) in [7, 11) is 0. The van der Waals surface area contributed by atoms with Crippen molar-refractivity contribution in [1.29, 1.82) is 5.26 Å². The van der Waals surface area contributed by atoms with Gasteiger partial charge in [-0.2, -0.15) is 10.4 Å². The van der Waals surface area contributed by atoms with Crippen molar-refractivity contribution in [3.8, 4) is 11.8 Å². The van der Waals surface area contributed by atoms with Gasteiger partial charge < -0.3 is 9.47 Å². The van der Waals surface area contributed by atoms with Crippen LogP contribution >= 0.6 is 23.2 Å². The van der Waals surface area contributed by atoms with Gasteiger partial charge in [-0.3, -0.25) is 4.79 Å². The van der Waals surface area contributed by atoms with Crippen molar-refractivity contribution in [2.24, 2.45) is 11.0 Å². The molecule has 7 nitrogen and oxygen atoms in total. The number of hydrogen-bond acceptors (Lipinski definition) is 6. The second-order valence-electron chi connectivity index (χ2n) is 9.53. The number of esters is 1. The number of allylic oxidation sites excluding steroid dienone is 1. The van der Waals surface area contributed by atoms with Crippen LogP contribution in [0, 0.1) is 17.2 Å². The summed E-state index contributed by atoms with van der Waals surface area (Å²) >= 11 is 12.2. The molecule has 0 bridgehead atoms. The van der Waals surface area contributed by atoms with Gasteiger partial charge in [0.25, 0.3) is 5.91 Å². The SMILES string of the molecule is N#Cc1ccc(OCC(=O)OCC(=O)N2N=C3C(=Cc4ccc(Cl)cc4)CCCC3C2c2ccc(Cl)cc2)cc1. The van der Waals surface area contributed by atoms with E-state index >= 15 is 0 Å². The summed E-state index contributed by atoms with van der Waals surface area (Å²) in [6.07, 6.45) is 4.76. The highest BCUT2D eigenvalue weighted by atomic mass is 35.5. The first-order chi connectivity index (χ1) is 19.4. The van der Waals surface area contributed by atoms with E-state index in [4.69, 9.17) is 43.0 Å². The maximum atomic E-state index is 13.4. The van der Waals surface area contributed by atoms with Crippen LogP contribution in [0.4, 0.5) is 0 Å². The zero-order valence-corrected chi connectivity index (χ0v) is 22.9. The third-order valence-corrected chi connectivity index (χ3v) is 7.38. The molecule has 0 aromatic heterocycles. The van der Waals surface area contributed by atoms with Crippen LogP contribution in [0.2, 0.25) is 10.0 Å². The van der Waals surface area contributed by atoms with Gasteiger partial charge >= 0.3 is 5.97 Å². The minimum Gasteiger partial charge on any atom is -0.482 e. The molecule has 2 atom stereocenters. The summed E-state index contributed by atoms with van der Waals surface area (Å²) in [5.41, 5.74) is 4.33. The third-order valence-electron chi connectivity index (χ3n) is 6.88. The molecule has 0 spiro atoms. The number of hydrogen-bond donors (Lipinski definition) is 0. The molecule has 1 aliphatic carbocycles. The quantitative estimate of drug-likeness (QED) is 0.296. The second-order valence-corrected chi connectivity index (χ2v) is 10.4. The Morgan fingerprint density at radius 2 is 1.65 bits per heavy atom. The lowest BCUT2D eigenvalue weighted by atomic mass is 9.77. The van der Waals surface area contributed by atoms with E-state index in [2.05, 4.69) is 6.08 Å². The average Bonchev–Trinajstić information content (AvgIpc) is 3.37. The fourth-order valence-electron chi connectivity index (χ4n) is 4.98. The maximum Gasteiger partial charge on any atom is 0.344 e. The predicted molar refractivity (Wildman–Crippen MR) is 153 cm³/mol. The first-order valence-electron chi connectivity index (χ1n) is 12.8. The van der Waals surface area contributed by atoms with Crippen LogP contribution in [0.1, 0.15) is 42.0 Å². The van der Waals surface area contributed by atoms with Crippen LogP contribution in [-0.4, -0.2) is 35.8 Å². The molecule has 9 heteroatoms. The van der Waals surface area contributed by atoms with Crippen molar-refractivity contribution < 1.29 is 19.1 Å². The Morgan fingerprint density at radius 3 is 2.33 bits per heavy atom. The number of nitrogens with zero attached hydrogens (tertiary/aromatic N) is 3. The van der Waals surface area contributed by atoms with E-state index in [0.717, 1.165) is 41.7 Å².